The van der Waals surface area contributed by atoms with Gasteiger partial charge in [-0.2, -0.15) is 0 Å². The van der Waals surface area contributed by atoms with Crippen LogP contribution in [0.5, 0.6) is 5.75 Å². The second kappa shape index (κ2) is 11.6. The van der Waals surface area contributed by atoms with E-state index < -0.39 is 0 Å². The zero-order valence-corrected chi connectivity index (χ0v) is 18.1. The molecule has 7 heteroatoms. The molecular formula is C20H27ClN4OS. The summed E-state index contributed by atoms with van der Waals surface area (Å²) in [7, 11) is 3.35. The second-order valence-electron chi connectivity index (χ2n) is 6.10. The van der Waals surface area contributed by atoms with Gasteiger partial charge in [0.15, 0.2) is 0 Å². The quantitative estimate of drug-likeness (QED) is 0.424. The summed E-state index contributed by atoms with van der Waals surface area (Å²) in [4.78, 5) is 7.77. The predicted molar refractivity (Wildman–Crippen MR) is 116 cm³/mol. The second-order valence-corrected chi connectivity index (χ2v) is 6.75. The van der Waals surface area contributed by atoms with Crippen molar-refractivity contribution in [1.29, 1.82) is 0 Å². The van der Waals surface area contributed by atoms with Crippen molar-refractivity contribution in [3.63, 3.8) is 0 Å². The van der Waals surface area contributed by atoms with Crippen LogP contribution in [0.3, 0.4) is 0 Å². The van der Waals surface area contributed by atoms with Gasteiger partial charge in [0.25, 0.3) is 0 Å². The van der Waals surface area contributed by atoms with Crippen LogP contribution < -0.4 is 10.5 Å². The van der Waals surface area contributed by atoms with Crippen molar-refractivity contribution in [2.75, 3.05) is 14.2 Å². The fourth-order valence-corrected chi connectivity index (χ4v) is 2.83. The van der Waals surface area contributed by atoms with Gasteiger partial charge >= 0.3 is 0 Å². The van der Waals surface area contributed by atoms with Crippen molar-refractivity contribution in [3.8, 4) is 5.75 Å². The molecule has 0 amide bonds. The molecular weight excluding hydrogens is 380 g/mol. The number of aromatic nitrogens is 1. The molecule has 0 saturated heterocycles. The van der Waals surface area contributed by atoms with E-state index in [9.17, 15) is 0 Å². The van der Waals surface area contributed by atoms with Gasteiger partial charge in [-0.15, -0.1) is 0 Å². The number of benzene rings is 1. The fourth-order valence-electron chi connectivity index (χ4n) is 2.47. The van der Waals surface area contributed by atoms with Crippen molar-refractivity contribution < 1.29 is 4.74 Å². The summed E-state index contributed by atoms with van der Waals surface area (Å²) in [5, 5.41) is 0.472. The topological polar surface area (TPSA) is 72.9 Å². The summed E-state index contributed by atoms with van der Waals surface area (Å²) in [5.41, 5.74) is 9.79. The number of aliphatic imine (C=N–C) groups is 1. The van der Waals surface area contributed by atoms with Crippen molar-refractivity contribution in [2.45, 2.75) is 39.7 Å². The van der Waals surface area contributed by atoms with Crippen molar-refractivity contribution in [1.82, 2.24) is 4.98 Å². The monoisotopic (exact) mass is 406 g/mol. The Hall–Kier alpha value is -2.05. The number of nitrogens with two attached hydrogens (primary N) is 1. The summed E-state index contributed by atoms with van der Waals surface area (Å²) in [5.74, 6) is 1.95. The normalized spacial score (nSPS) is 12.0. The lowest BCUT2D eigenvalue weighted by Crippen LogP contribution is -2.14. The Labute approximate surface area is 172 Å². The molecule has 5 nitrogen and oxygen atoms in total. The van der Waals surface area contributed by atoms with Crippen LogP contribution in [0.4, 0.5) is 0 Å². The van der Waals surface area contributed by atoms with E-state index in [4.69, 9.17) is 22.1 Å². The van der Waals surface area contributed by atoms with E-state index in [-0.39, 0.29) is 0 Å². The SMILES string of the molecule is CCC(C)c1ccc(CN=S)cc1OC.CN=C(N)c1cnc(Cl)cc1C. The molecule has 0 saturated carbocycles. The van der Waals surface area contributed by atoms with Gasteiger partial charge in [0, 0.05) is 31.2 Å². The standard InChI is InChI=1S/C12H17NOS.C8H10ClN3/c1-4-9(2)11-6-5-10(8-13-15)7-12(11)14-3;1-5-3-7(9)12-4-6(5)8(10)11-2/h5-7,9H,4,8H2,1-3H3;3-4H,1-2H3,(H2,10,11). The van der Waals surface area contributed by atoms with Gasteiger partial charge in [0.05, 0.1) is 13.7 Å². The molecule has 0 radical (unpaired) electrons. The number of aryl methyl sites for hydroxylation is 1. The number of rotatable bonds is 6. The molecule has 1 atom stereocenters. The molecule has 1 unspecified atom stereocenters. The Kier molecular flexibility index (Phi) is 9.89. The summed E-state index contributed by atoms with van der Waals surface area (Å²) in [6.07, 6.45) is 2.74. The molecule has 0 aliphatic rings. The number of methoxy groups -OCH3 is 1. The third kappa shape index (κ3) is 6.88. The summed E-state index contributed by atoms with van der Waals surface area (Å²) >= 11 is 10.3. The number of hydrogen-bond acceptors (Lipinski definition) is 5. The third-order valence-corrected chi connectivity index (χ3v) is 4.62. The van der Waals surface area contributed by atoms with Crippen LogP contribution in [-0.2, 0) is 19.0 Å². The third-order valence-electron chi connectivity index (χ3n) is 4.28. The minimum Gasteiger partial charge on any atom is -0.496 e. The lowest BCUT2D eigenvalue weighted by molar-refractivity contribution is 0.405. The van der Waals surface area contributed by atoms with Crippen LogP contribution in [0.15, 0.2) is 39.8 Å². The number of pyridine rings is 1. The molecule has 0 aliphatic carbocycles. The number of ether oxygens (including phenoxy) is 1. The summed E-state index contributed by atoms with van der Waals surface area (Å²) in [6, 6.07) is 7.97. The molecule has 2 aromatic rings. The highest BCUT2D eigenvalue weighted by atomic mass is 35.5. The van der Waals surface area contributed by atoms with Crippen LogP contribution in [-0.4, -0.2) is 25.0 Å². The molecule has 1 heterocycles. The molecule has 2 rings (SSSR count). The minimum atomic E-state index is 0.472. The van der Waals surface area contributed by atoms with Crippen LogP contribution in [0.25, 0.3) is 0 Å². The summed E-state index contributed by atoms with van der Waals surface area (Å²) in [6.45, 7) is 6.87. The van der Waals surface area contributed by atoms with E-state index in [1.54, 1.807) is 26.4 Å². The average molecular weight is 407 g/mol. The first-order valence-corrected chi connectivity index (χ1v) is 9.42. The van der Waals surface area contributed by atoms with Gasteiger partial charge < -0.3 is 10.5 Å². The molecule has 0 spiro atoms. The summed E-state index contributed by atoms with van der Waals surface area (Å²) < 4.78 is 9.08. The van der Waals surface area contributed by atoms with E-state index in [2.05, 4.69) is 52.7 Å². The van der Waals surface area contributed by atoms with E-state index in [0.29, 0.717) is 23.5 Å². The zero-order valence-electron chi connectivity index (χ0n) is 16.5. The molecule has 146 valence electrons. The van der Waals surface area contributed by atoms with Crippen LogP contribution in [0.1, 0.15) is 48.4 Å². The highest BCUT2D eigenvalue weighted by Gasteiger charge is 2.10. The number of nitrogens with zero attached hydrogens (tertiary/aromatic N) is 3. The maximum atomic E-state index is 5.67. The maximum absolute atomic E-state index is 5.67. The lowest BCUT2D eigenvalue weighted by atomic mass is 9.96. The number of hydrogen-bond donors (Lipinski definition) is 1. The average Bonchev–Trinajstić information content (AvgIpc) is 2.67. The van der Waals surface area contributed by atoms with Gasteiger partial charge in [-0.3, -0.25) is 4.99 Å². The van der Waals surface area contributed by atoms with Crippen LogP contribution >= 0.6 is 11.6 Å². The van der Waals surface area contributed by atoms with E-state index in [1.807, 2.05) is 13.0 Å². The smallest absolute Gasteiger partial charge is 0.129 e. The van der Waals surface area contributed by atoms with Crippen LogP contribution in [0.2, 0.25) is 5.15 Å². The Morgan fingerprint density at radius 1 is 1.37 bits per heavy atom. The Morgan fingerprint density at radius 2 is 2.07 bits per heavy atom. The van der Waals surface area contributed by atoms with Gasteiger partial charge in [-0.05, 0) is 48.1 Å². The highest BCUT2D eigenvalue weighted by Crippen LogP contribution is 2.29. The van der Waals surface area contributed by atoms with Crippen LogP contribution in [0, 0.1) is 6.92 Å². The first kappa shape index (κ1) is 23.0. The molecule has 2 N–H and O–H groups in total. The lowest BCUT2D eigenvalue weighted by Gasteiger charge is -2.14. The first-order chi connectivity index (χ1) is 12.9. The number of amidine groups is 1. The van der Waals surface area contributed by atoms with E-state index in [1.165, 1.54) is 5.56 Å². The fraction of sp³-hybridized carbons (Fsp3) is 0.400. The molecule has 1 aromatic carbocycles. The van der Waals surface area contributed by atoms with Gasteiger partial charge in [-0.25, -0.2) is 9.35 Å². The van der Waals surface area contributed by atoms with Crippen molar-refractivity contribution in [3.05, 3.63) is 57.9 Å². The Morgan fingerprint density at radius 3 is 2.59 bits per heavy atom. The van der Waals surface area contributed by atoms with E-state index in [0.717, 1.165) is 28.9 Å². The van der Waals surface area contributed by atoms with Gasteiger partial charge in [0.2, 0.25) is 0 Å². The predicted octanol–water partition coefficient (Wildman–Crippen LogP) is 4.82. The molecule has 1 aromatic heterocycles. The molecule has 0 aliphatic heterocycles. The van der Waals surface area contributed by atoms with Crippen molar-refractivity contribution >= 4 is 29.9 Å². The zero-order chi connectivity index (χ0) is 20.4. The largest absolute Gasteiger partial charge is 0.496 e. The Balaban J connectivity index is 0.000000277. The van der Waals surface area contributed by atoms with Gasteiger partial charge in [-0.1, -0.05) is 37.6 Å². The highest BCUT2D eigenvalue weighted by molar-refractivity contribution is 7.47. The Bertz CT molecular complexity index is 796. The minimum absolute atomic E-state index is 0.472. The number of halogens is 1. The van der Waals surface area contributed by atoms with Crippen molar-refractivity contribution in [2.24, 2.45) is 15.1 Å². The first-order valence-electron chi connectivity index (χ1n) is 8.68. The molecule has 0 fully saturated rings. The molecule has 0 bridgehead atoms. The van der Waals surface area contributed by atoms with Gasteiger partial charge in [0.1, 0.15) is 16.7 Å². The van der Waals surface area contributed by atoms with E-state index >= 15 is 0 Å². The maximum Gasteiger partial charge on any atom is 0.129 e. The molecule has 27 heavy (non-hydrogen) atoms.